The molecule has 0 saturated carbocycles. The molecular formula is C11H12BrNOS2. The number of rotatable bonds is 3. The third-order valence-corrected chi connectivity index (χ3v) is 4.97. The second-order valence-electron chi connectivity index (χ2n) is 3.39. The topological polar surface area (TPSA) is 35.2 Å². The van der Waals surface area contributed by atoms with Gasteiger partial charge in [0.25, 0.3) is 0 Å². The molecule has 2 rings (SSSR count). The Bertz CT molecular complexity index is 492. The highest BCUT2D eigenvalue weighted by Crippen LogP contribution is 2.37. The molecule has 2 heterocycles. The molecule has 0 aliphatic heterocycles. The maximum absolute atomic E-state index is 6.27. The van der Waals surface area contributed by atoms with Crippen LogP contribution in [0.1, 0.15) is 21.4 Å². The number of ether oxygens (including phenoxy) is 1. The van der Waals surface area contributed by atoms with Crippen molar-refractivity contribution in [3.8, 4) is 5.75 Å². The predicted octanol–water partition coefficient (Wildman–Crippen LogP) is 3.94. The number of hydrogen-bond donors (Lipinski definition) is 1. The Kier molecular flexibility index (Phi) is 3.69. The van der Waals surface area contributed by atoms with Crippen molar-refractivity contribution in [3.05, 3.63) is 36.6 Å². The van der Waals surface area contributed by atoms with Crippen LogP contribution in [0.3, 0.4) is 0 Å². The molecular weight excluding hydrogens is 306 g/mol. The SMILES string of the molecule is COc1ccsc1C(N)c1cc(Br)sc1C. The van der Waals surface area contributed by atoms with Crippen LogP contribution in [0.4, 0.5) is 0 Å². The Balaban J connectivity index is 2.38. The van der Waals surface area contributed by atoms with Crippen LogP contribution in [-0.4, -0.2) is 7.11 Å². The highest BCUT2D eigenvalue weighted by Gasteiger charge is 2.18. The summed E-state index contributed by atoms with van der Waals surface area (Å²) in [5.74, 6) is 0.874. The molecule has 86 valence electrons. The minimum atomic E-state index is -0.0995. The van der Waals surface area contributed by atoms with Gasteiger partial charge >= 0.3 is 0 Å². The van der Waals surface area contributed by atoms with Crippen molar-refractivity contribution < 1.29 is 4.74 Å². The fourth-order valence-electron chi connectivity index (χ4n) is 1.61. The van der Waals surface area contributed by atoms with Crippen molar-refractivity contribution in [1.29, 1.82) is 0 Å². The van der Waals surface area contributed by atoms with E-state index in [1.54, 1.807) is 29.8 Å². The molecule has 2 aromatic rings. The Morgan fingerprint density at radius 2 is 2.25 bits per heavy atom. The predicted molar refractivity (Wildman–Crippen MR) is 73.7 cm³/mol. The molecule has 0 aliphatic carbocycles. The average molecular weight is 318 g/mol. The first kappa shape index (κ1) is 12.1. The van der Waals surface area contributed by atoms with Crippen LogP contribution in [-0.2, 0) is 0 Å². The van der Waals surface area contributed by atoms with Crippen LogP contribution < -0.4 is 10.5 Å². The summed E-state index contributed by atoms with van der Waals surface area (Å²) in [6.45, 7) is 2.09. The largest absolute Gasteiger partial charge is 0.496 e. The summed E-state index contributed by atoms with van der Waals surface area (Å²) in [6.07, 6.45) is 0. The van der Waals surface area contributed by atoms with E-state index in [0.29, 0.717) is 0 Å². The molecule has 2 N–H and O–H groups in total. The van der Waals surface area contributed by atoms with Gasteiger partial charge in [0.05, 0.1) is 21.8 Å². The lowest BCUT2D eigenvalue weighted by Crippen LogP contribution is -2.11. The first-order chi connectivity index (χ1) is 7.63. The fourth-order valence-corrected chi connectivity index (χ4v) is 4.25. The average Bonchev–Trinajstić information content (AvgIpc) is 2.83. The van der Waals surface area contributed by atoms with Crippen molar-refractivity contribution in [1.82, 2.24) is 0 Å². The molecule has 0 bridgehead atoms. The van der Waals surface area contributed by atoms with Crippen molar-refractivity contribution >= 4 is 38.6 Å². The van der Waals surface area contributed by atoms with E-state index in [2.05, 4.69) is 28.9 Å². The van der Waals surface area contributed by atoms with Crippen LogP contribution in [0.2, 0.25) is 0 Å². The van der Waals surface area contributed by atoms with Crippen LogP contribution in [0, 0.1) is 6.92 Å². The summed E-state index contributed by atoms with van der Waals surface area (Å²) < 4.78 is 6.41. The lowest BCUT2D eigenvalue weighted by Gasteiger charge is -2.11. The summed E-state index contributed by atoms with van der Waals surface area (Å²) in [7, 11) is 1.68. The van der Waals surface area contributed by atoms with Crippen molar-refractivity contribution in [2.24, 2.45) is 5.73 Å². The van der Waals surface area contributed by atoms with Gasteiger partial charge in [0.1, 0.15) is 5.75 Å². The fraction of sp³-hybridized carbons (Fsp3) is 0.273. The Morgan fingerprint density at radius 3 is 2.81 bits per heavy atom. The molecule has 2 aromatic heterocycles. The van der Waals surface area contributed by atoms with Gasteiger partial charge in [-0.25, -0.2) is 0 Å². The van der Waals surface area contributed by atoms with Crippen molar-refractivity contribution in [2.45, 2.75) is 13.0 Å². The maximum atomic E-state index is 6.27. The highest BCUT2D eigenvalue weighted by molar-refractivity contribution is 9.11. The van der Waals surface area contributed by atoms with Crippen LogP contribution in [0.15, 0.2) is 21.3 Å². The standard InChI is InChI=1S/C11H12BrNOS2/c1-6-7(5-9(12)16-6)10(13)11-8(14-2)3-4-15-11/h3-5,10H,13H2,1-2H3. The van der Waals surface area contributed by atoms with Gasteiger partial charge in [0.15, 0.2) is 0 Å². The molecule has 5 heteroatoms. The van der Waals surface area contributed by atoms with Gasteiger partial charge in [-0.15, -0.1) is 22.7 Å². The number of aryl methyl sites for hydroxylation is 1. The van der Waals surface area contributed by atoms with Gasteiger partial charge in [0.2, 0.25) is 0 Å². The second-order valence-corrected chi connectivity index (χ2v) is 6.98. The Labute approximate surface area is 111 Å². The molecule has 0 saturated heterocycles. The van der Waals surface area contributed by atoms with Crippen LogP contribution >= 0.6 is 38.6 Å². The molecule has 0 radical (unpaired) electrons. The molecule has 0 spiro atoms. The van der Waals surface area contributed by atoms with E-state index in [9.17, 15) is 0 Å². The van der Waals surface area contributed by atoms with E-state index < -0.39 is 0 Å². The number of nitrogens with two attached hydrogens (primary N) is 1. The zero-order valence-corrected chi connectivity index (χ0v) is 12.2. The first-order valence-electron chi connectivity index (χ1n) is 4.76. The number of halogens is 1. The number of methoxy groups -OCH3 is 1. The van der Waals surface area contributed by atoms with Gasteiger partial charge in [-0.1, -0.05) is 0 Å². The molecule has 0 aliphatic rings. The molecule has 0 amide bonds. The number of thiophene rings is 2. The third-order valence-electron chi connectivity index (χ3n) is 2.42. The molecule has 0 fully saturated rings. The minimum absolute atomic E-state index is 0.0995. The molecule has 16 heavy (non-hydrogen) atoms. The molecule has 0 aromatic carbocycles. The summed E-state index contributed by atoms with van der Waals surface area (Å²) >= 11 is 6.83. The van der Waals surface area contributed by atoms with E-state index in [-0.39, 0.29) is 6.04 Å². The summed E-state index contributed by atoms with van der Waals surface area (Å²) in [5.41, 5.74) is 7.43. The van der Waals surface area contributed by atoms with Crippen LogP contribution in [0.25, 0.3) is 0 Å². The lowest BCUT2D eigenvalue weighted by molar-refractivity contribution is 0.411. The first-order valence-corrected chi connectivity index (χ1v) is 7.25. The van der Waals surface area contributed by atoms with Crippen LogP contribution in [0.5, 0.6) is 5.75 Å². The van der Waals surface area contributed by atoms with Gasteiger partial charge in [-0.05, 0) is 45.9 Å². The molecule has 2 nitrogen and oxygen atoms in total. The second kappa shape index (κ2) is 4.87. The Morgan fingerprint density at radius 1 is 1.50 bits per heavy atom. The van der Waals surface area contributed by atoms with Gasteiger partial charge in [-0.2, -0.15) is 0 Å². The number of hydrogen-bond acceptors (Lipinski definition) is 4. The molecule has 1 atom stereocenters. The van der Waals surface area contributed by atoms with E-state index in [0.717, 1.165) is 20.0 Å². The zero-order chi connectivity index (χ0) is 11.7. The van der Waals surface area contributed by atoms with E-state index in [4.69, 9.17) is 10.5 Å². The monoisotopic (exact) mass is 317 g/mol. The highest BCUT2D eigenvalue weighted by atomic mass is 79.9. The van der Waals surface area contributed by atoms with Crippen molar-refractivity contribution in [2.75, 3.05) is 7.11 Å². The summed E-state index contributed by atoms with van der Waals surface area (Å²) in [6, 6.07) is 3.94. The normalized spacial score (nSPS) is 12.8. The lowest BCUT2D eigenvalue weighted by atomic mass is 10.1. The smallest absolute Gasteiger partial charge is 0.134 e. The van der Waals surface area contributed by atoms with E-state index in [1.807, 2.05) is 11.4 Å². The van der Waals surface area contributed by atoms with Gasteiger partial charge < -0.3 is 10.5 Å². The quantitative estimate of drug-likeness (QED) is 0.930. The van der Waals surface area contributed by atoms with Crippen molar-refractivity contribution in [3.63, 3.8) is 0 Å². The zero-order valence-electron chi connectivity index (χ0n) is 8.99. The third kappa shape index (κ3) is 2.18. The van der Waals surface area contributed by atoms with E-state index in [1.165, 1.54) is 4.88 Å². The van der Waals surface area contributed by atoms with E-state index >= 15 is 0 Å². The summed E-state index contributed by atoms with van der Waals surface area (Å²) in [4.78, 5) is 2.32. The minimum Gasteiger partial charge on any atom is -0.496 e. The van der Waals surface area contributed by atoms with Gasteiger partial charge in [-0.3, -0.25) is 0 Å². The summed E-state index contributed by atoms with van der Waals surface area (Å²) in [5, 5.41) is 2.00. The van der Waals surface area contributed by atoms with Gasteiger partial charge in [0, 0.05) is 4.88 Å². The Hall–Kier alpha value is -0.360. The maximum Gasteiger partial charge on any atom is 0.134 e. The molecule has 1 unspecified atom stereocenters.